The summed E-state index contributed by atoms with van der Waals surface area (Å²) >= 11 is 0. The Bertz CT molecular complexity index is 1170. The molecule has 0 radical (unpaired) electrons. The fraction of sp³-hybridized carbons (Fsp3) is 0.208. The molecule has 5 heteroatoms. The third-order valence-electron chi connectivity index (χ3n) is 5.38. The van der Waals surface area contributed by atoms with E-state index in [2.05, 4.69) is 47.5 Å². The molecular formula is C24H22N2O3. The van der Waals surface area contributed by atoms with E-state index in [-0.39, 0.29) is 0 Å². The zero-order chi connectivity index (χ0) is 19.8. The van der Waals surface area contributed by atoms with E-state index in [1.807, 2.05) is 18.2 Å². The molecule has 0 saturated heterocycles. The summed E-state index contributed by atoms with van der Waals surface area (Å²) in [5.74, 6) is 0.818. The number of ether oxygens (including phenoxy) is 2. The van der Waals surface area contributed by atoms with E-state index in [0.29, 0.717) is 12.6 Å². The molecule has 0 spiro atoms. The molecule has 2 aromatic carbocycles. The molecule has 0 N–H and O–H groups in total. The normalized spacial score (nSPS) is 15.4. The summed E-state index contributed by atoms with van der Waals surface area (Å²) in [4.78, 5) is 6.82. The average Bonchev–Trinajstić information content (AvgIpc) is 3.37. The van der Waals surface area contributed by atoms with Crippen LogP contribution in [-0.4, -0.2) is 25.7 Å². The number of oxazole rings is 1. The van der Waals surface area contributed by atoms with Gasteiger partial charge in [-0.25, -0.2) is 0 Å². The van der Waals surface area contributed by atoms with Crippen molar-refractivity contribution in [3.63, 3.8) is 0 Å². The molecule has 0 fully saturated rings. The van der Waals surface area contributed by atoms with E-state index < -0.39 is 0 Å². The van der Waals surface area contributed by atoms with Gasteiger partial charge in [-0.15, -0.1) is 0 Å². The molecule has 0 atom stereocenters. The van der Waals surface area contributed by atoms with Gasteiger partial charge in [-0.1, -0.05) is 36.4 Å². The topological polar surface area (TPSA) is 47.7 Å². The van der Waals surface area contributed by atoms with E-state index in [1.54, 1.807) is 14.2 Å². The first-order chi connectivity index (χ1) is 14.2. The van der Waals surface area contributed by atoms with Gasteiger partial charge in [0.15, 0.2) is 5.58 Å². The summed E-state index contributed by atoms with van der Waals surface area (Å²) in [5, 5.41) is 0. The minimum atomic E-state index is 0.520. The van der Waals surface area contributed by atoms with Gasteiger partial charge in [-0.05, 0) is 46.9 Å². The highest BCUT2D eigenvalue weighted by atomic mass is 16.5. The molecule has 1 aromatic heterocycles. The Hall–Kier alpha value is -3.31. The molecule has 0 amide bonds. The number of rotatable bonds is 5. The highest BCUT2D eigenvalue weighted by Gasteiger charge is 2.23. The predicted molar refractivity (Wildman–Crippen MR) is 114 cm³/mol. The number of methoxy groups -OCH3 is 2. The van der Waals surface area contributed by atoms with Crippen molar-refractivity contribution in [3.05, 3.63) is 77.5 Å². The van der Waals surface area contributed by atoms with Crippen LogP contribution in [-0.2, 0) is 11.3 Å². The Morgan fingerprint density at radius 3 is 2.76 bits per heavy atom. The van der Waals surface area contributed by atoms with Crippen molar-refractivity contribution < 1.29 is 13.9 Å². The van der Waals surface area contributed by atoms with Gasteiger partial charge in [0.25, 0.3) is 0 Å². The maximum Gasteiger partial charge on any atom is 0.302 e. The molecule has 1 aliphatic heterocycles. The molecule has 29 heavy (non-hydrogen) atoms. The number of benzene rings is 2. The highest BCUT2D eigenvalue weighted by Crippen LogP contribution is 2.34. The van der Waals surface area contributed by atoms with Crippen LogP contribution < -0.4 is 9.64 Å². The molecule has 146 valence electrons. The van der Waals surface area contributed by atoms with Crippen molar-refractivity contribution in [1.29, 1.82) is 0 Å². The molecule has 2 aliphatic rings. The van der Waals surface area contributed by atoms with E-state index in [9.17, 15) is 0 Å². The van der Waals surface area contributed by atoms with Gasteiger partial charge >= 0.3 is 6.01 Å². The summed E-state index contributed by atoms with van der Waals surface area (Å²) < 4.78 is 16.8. The lowest BCUT2D eigenvalue weighted by Crippen LogP contribution is -2.13. The molecule has 0 bridgehead atoms. The zero-order valence-corrected chi connectivity index (χ0v) is 16.5. The van der Waals surface area contributed by atoms with Gasteiger partial charge in [0.1, 0.15) is 11.3 Å². The maximum absolute atomic E-state index is 6.03. The van der Waals surface area contributed by atoms with Crippen LogP contribution in [0.15, 0.2) is 76.4 Å². The second-order valence-electron chi connectivity index (χ2n) is 7.25. The lowest BCUT2D eigenvalue weighted by Gasteiger charge is -2.10. The van der Waals surface area contributed by atoms with E-state index in [4.69, 9.17) is 18.9 Å². The fourth-order valence-corrected chi connectivity index (χ4v) is 3.86. The second-order valence-corrected chi connectivity index (χ2v) is 7.25. The molecule has 2 heterocycles. The molecular weight excluding hydrogens is 364 g/mol. The zero-order valence-electron chi connectivity index (χ0n) is 16.5. The van der Waals surface area contributed by atoms with Crippen LogP contribution in [0.25, 0.3) is 22.2 Å². The summed E-state index contributed by atoms with van der Waals surface area (Å²) in [7, 11) is 3.36. The van der Waals surface area contributed by atoms with Gasteiger partial charge in [0, 0.05) is 18.9 Å². The Balaban J connectivity index is 1.47. The van der Waals surface area contributed by atoms with Crippen molar-refractivity contribution in [2.45, 2.75) is 13.0 Å². The third kappa shape index (κ3) is 3.23. The standard InChI is InChI=1S/C24H22N2O3/c1-27-15-20-8-7-17(12-23(20)28-2)16-9-10-22-21(11-16)25-24(29-22)26-13-18-5-3-4-6-19(18)14-26/h3-5,7-12,14H,6,13,15H2,1-2H3. The van der Waals surface area contributed by atoms with Crippen LogP contribution in [0.3, 0.4) is 0 Å². The van der Waals surface area contributed by atoms with E-state index in [1.165, 1.54) is 11.1 Å². The lowest BCUT2D eigenvalue weighted by atomic mass is 10.0. The van der Waals surface area contributed by atoms with Crippen LogP contribution in [0, 0.1) is 0 Å². The molecule has 5 nitrogen and oxygen atoms in total. The number of hydrogen-bond donors (Lipinski definition) is 0. The third-order valence-corrected chi connectivity index (χ3v) is 5.38. The van der Waals surface area contributed by atoms with Gasteiger partial charge < -0.3 is 13.9 Å². The summed E-state index contributed by atoms with van der Waals surface area (Å²) in [5.41, 5.74) is 7.46. The smallest absolute Gasteiger partial charge is 0.302 e. The number of fused-ring (bicyclic) bond motifs is 2. The fourth-order valence-electron chi connectivity index (χ4n) is 3.86. The predicted octanol–water partition coefficient (Wildman–Crippen LogP) is 5.24. The van der Waals surface area contributed by atoms with Gasteiger partial charge in [0.2, 0.25) is 0 Å². The first-order valence-electron chi connectivity index (χ1n) is 9.65. The maximum atomic E-state index is 6.03. The Labute approximate surface area is 169 Å². The largest absolute Gasteiger partial charge is 0.496 e. The number of anilines is 1. The van der Waals surface area contributed by atoms with Gasteiger partial charge in [0.05, 0.1) is 20.3 Å². The van der Waals surface area contributed by atoms with Crippen molar-refractivity contribution in [2.24, 2.45) is 0 Å². The second kappa shape index (κ2) is 7.26. The van der Waals surface area contributed by atoms with Crippen molar-refractivity contribution >= 4 is 17.1 Å². The van der Waals surface area contributed by atoms with Crippen molar-refractivity contribution in [1.82, 2.24) is 4.98 Å². The number of hydrogen-bond acceptors (Lipinski definition) is 5. The molecule has 5 rings (SSSR count). The summed E-state index contributed by atoms with van der Waals surface area (Å²) in [6.07, 6.45) is 9.55. The van der Waals surface area contributed by atoms with Crippen LogP contribution in [0.4, 0.5) is 6.01 Å². The number of allylic oxidation sites excluding steroid dienone is 3. The van der Waals surface area contributed by atoms with E-state index >= 15 is 0 Å². The number of aromatic nitrogens is 1. The SMILES string of the molecule is COCc1ccc(-c2ccc3oc(N4C=C5CC=CC=C5C4)nc3c2)cc1OC. The first-order valence-corrected chi connectivity index (χ1v) is 9.65. The Kier molecular flexibility index (Phi) is 4.45. The van der Waals surface area contributed by atoms with Crippen molar-refractivity contribution in [2.75, 3.05) is 25.7 Å². The van der Waals surface area contributed by atoms with Crippen LogP contribution in [0.5, 0.6) is 5.75 Å². The molecule has 0 saturated carbocycles. The summed E-state index contributed by atoms with van der Waals surface area (Å²) in [6, 6.07) is 12.9. The quantitative estimate of drug-likeness (QED) is 0.600. The minimum absolute atomic E-state index is 0.520. The van der Waals surface area contributed by atoms with Crippen molar-refractivity contribution in [3.8, 4) is 16.9 Å². The lowest BCUT2D eigenvalue weighted by molar-refractivity contribution is 0.181. The van der Waals surface area contributed by atoms with Gasteiger partial charge in [-0.2, -0.15) is 4.98 Å². The van der Waals surface area contributed by atoms with Gasteiger partial charge in [-0.3, -0.25) is 4.90 Å². The Morgan fingerprint density at radius 2 is 1.93 bits per heavy atom. The van der Waals surface area contributed by atoms with Crippen LogP contribution in [0.1, 0.15) is 12.0 Å². The highest BCUT2D eigenvalue weighted by molar-refractivity contribution is 5.82. The van der Waals surface area contributed by atoms with Crippen LogP contribution >= 0.6 is 0 Å². The monoisotopic (exact) mass is 386 g/mol. The Morgan fingerprint density at radius 1 is 1.07 bits per heavy atom. The van der Waals surface area contributed by atoms with E-state index in [0.717, 1.165) is 46.5 Å². The average molecular weight is 386 g/mol. The molecule has 3 aromatic rings. The number of nitrogens with zero attached hydrogens (tertiary/aromatic N) is 2. The molecule has 0 unspecified atom stereocenters. The molecule has 1 aliphatic carbocycles. The first kappa shape index (κ1) is 17.8. The van der Waals surface area contributed by atoms with Crippen LogP contribution in [0.2, 0.25) is 0 Å². The summed E-state index contributed by atoms with van der Waals surface area (Å²) in [6.45, 7) is 1.32. The minimum Gasteiger partial charge on any atom is -0.496 e.